The SMILES string of the molecule is COc1ccc(CNCc2ccc(-c3ccc(C(C)O)cc3)o2)cc1.Cl. The van der Waals surface area contributed by atoms with Crippen LogP contribution >= 0.6 is 12.4 Å². The summed E-state index contributed by atoms with van der Waals surface area (Å²) in [6, 6.07) is 19.7. The zero-order valence-electron chi connectivity index (χ0n) is 14.9. The highest BCUT2D eigenvalue weighted by molar-refractivity contribution is 5.85. The summed E-state index contributed by atoms with van der Waals surface area (Å²) >= 11 is 0. The lowest BCUT2D eigenvalue weighted by atomic mass is 10.1. The standard InChI is InChI=1S/C21H23NO3.ClH/c1-15(23)17-5-7-18(8-6-17)21-12-11-20(25-21)14-22-13-16-3-9-19(24-2)10-4-16;/h3-12,15,22-23H,13-14H2,1-2H3;1H. The number of hydrogen-bond donors (Lipinski definition) is 2. The number of aliphatic hydroxyl groups excluding tert-OH is 1. The average molecular weight is 374 g/mol. The first kappa shape index (κ1) is 20.0. The molecule has 1 unspecified atom stereocenters. The summed E-state index contributed by atoms with van der Waals surface area (Å²) in [5, 5.41) is 12.9. The topological polar surface area (TPSA) is 54.6 Å². The summed E-state index contributed by atoms with van der Waals surface area (Å²) in [6.45, 7) is 3.19. The van der Waals surface area contributed by atoms with E-state index in [0.29, 0.717) is 6.54 Å². The van der Waals surface area contributed by atoms with Crippen LogP contribution in [0.5, 0.6) is 5.75 Å². The van der Waals surface area contributed by atoms with Gasteiger partial charge in [-0.15, -0.1) is 12.4 Å². The summed E-state index contributed by atoms with van der Waals surface area (Å²) in [6.07, 6.45) is -0.455. The average Bonchev–Trinajstić information content (AvgIpc) is 3.11. The van der Waals surface area contributed by atoms with Crippen LogP contribution < -0.4 is 10.1 Å². The van der Waals surface area contributed by atoms with E-state index in [9.17, 15) is 5.11 Å². The molecule has 0 aliphatic carbocycles. The number of benzene rings is 2. The second kappa shape index (κ2) is 9.43. The second-order valence-electron chi connectivity index (χ2n) is 6.02. The van der Waals surface area contributed by atoms with Crippen molar-refractivity contribution in [3.63, 3.8) is 0 Å². The number of ether oxygens (including phenoxy) is 1. The van der Waals surface area contributed by atoms with Crippen LogP contribution in [-0.4, -0.2) is 12.2 Å². The Morgan fingerprint density at radius 3 is 2.27 bits per heavy atom. The first-order valence-electron chi connectivity index (χ1n) is 8.36. The van der Waals surface area contributed by atoms with E-state index in [-0.39, 0.29) is 12.4 Å². The lowest BCUT2D eigenvalue weighted by Crippen LogP contribution is -2.11. The zero-order valence-corrected chi connectivity index (χ0v) is 15.8. The monoisotopic (exact) mass is 373 g/mol. The van der Waals surface area contributed by atoms with Gasteiger partial charge >= 0.3 is 0 Å². The predicted molar refractivity (Wildman–Crippen MR) is 106 cm³/mol. The number of furan rings is 1. The number of hydrogen-bond acceptors (Lipinski definition) is 4. The van der Waals surface area contributed by atoms with Gasteiger partial charge in [-0.1, -0.05) is 36.4 Å². The maximum atomic E-state index is 9.57. The van der Waals surface area contributed by atoms with Crippen LogP contribution in [0.15, 0.2) is 65.1 Å². The molecule has 0 amide bonds. The smallest absolute Gasteiger partial charge is 0.134 e. The summed E-state index contributed by atoms with van der Waals surface area (Å²) < 4.78 is 11.1. The Morgan fingerprint density at radius 2 is 1.65 bits per heavy atom. The molecule has 138 valence electrons. The van der Waals surface area contributed by atoms with Gasteiger partial charge < -0.3 is 19.6 Å². The van der Waals surface area contributed by atoms with Crippen molar-refractivity contribution in [2.24, 2.45) is 0 Å². The van der Waals surface area contributed by atoms with Crippen LogP contribution in [0.2, 0.25) is 0 Å². The summed E-state index contributed by atoms with van der Waals surface area (Å²) in [5.74, 6) is 2.59. The van der Waals surface area contributed by atoms with Gasteiger partial charge in [0.25, 0.3) is 0 Å². The van der Waals surface area contributed by atoms with Crippen LogP contribution in [0.1, 0.15) is 29.9 Å². The predicted octanol–water partition coefficient (Wildman–Crippen LogP) is 4.72. The maximum absolute atomic E-state index is 9.57. The van der Waals surface area contributed by atoms with Gasteiger partial charge in [0, 0.05) is 12.1 Å². The first-order valence-corrected chi connectivity index (χ1v) is 8.36. The second-order valence-corrected chi connectivity index (χ2v) is 6.02. The van der Waals surface area contributed by atoms with Gasteiger partial charge in [0.15, 0.2) is 0 Å². The van der Waals surface area contributed by atoms with Crippen molar-refractivity contribution >= 4 is 12.4 Å². The molecule has 1 aromatic heterocycles. The number of aliphatic hydroxyl groups is 1. The van der Waals surface area contributed by atoms with Crippen LogP contribution in [0.4, 0.5) is 0 Å². The van der Waals surface area contributed by atoms with Gasteiger partial charge in [0.2, 0.25) is 0 Å². The van der Waals surface area contributed by atoms with E-state index in [1.54, 1.807) is 14.0 Å². The lowest BCUT2D eigenvalue weighted by molar-refractivity contribution is 0.199. The third-order valence-corrected chi connectivity index (χ3v) is 4.13. The zero-order chi connectivity index (χ0) is 17.6. The fourth-order valence-corrected chi connectivity index (χ4v) is 2.63. The van der Waals surface area contributed by atoms with Gasteiger partial charge in [-0.2, -0.15) is 0 Å². The fraction of sp³-hybridized carbons (Fsp3) is 0.238. The Labute approximate surface area is 160 Å². The highest BCUT2D eigenvalue weighted by Crippen LogP contribution is 2.24. The summed E-state index contributed by atoms with van der Waals surface area (Å²) in [7, 11) is 1.67. The van der Waals surface area contributed by atoms with E-state index in [0.717, 1.165) is 34.9 Å². The van der Waals surface area contributed by atoms with E-state index < -0.39 is 6.10 Å². The maximum Gasteiger partial charge on any atom is 0.134 e. The highest BCUT2D eigenvalue weighted by Gasteiger charge is 2.06. The van der Waals surface area contributed by atoms with Crippen LogP contribution in [0.3, 0.4) is 0 Å². The minimum Gasteiger partial charge on any atom is -0.497 e. The fourth-order valence-electron chi connectivity index (χ4n) is 2.63. The quantitative estimate of drug-likeness (QED) is 0.629. The molecule has 2 N–H and O–H groups in total. The molecule has 3 rings (SSSR count). The van der Waals surface area contributed by atoms with Crippen molar-refractivity contribution in [3.05, 3.63) is 77.6 Å². The summed E-state index contributed by atoms with van der Waals surface area (Å²) in [5.41, 5.74) is 3.10. The Bertz CT molecular complexity index is 795. The molecular weight excluding hydrogens is 350 g/mol. The number of rotatable bonds is 7. The number of methoxy groups -OCH3 is 1. The van der Waals surface area contributed by atoms with Crippen LogP contribution in [0, 0.1) is 0 Å². The van der Waals surface area contributed by atoms with Crippen molar-refractivity contribution in [1.29, 1.82) is 0 Å². The van der Waals surface area contributed by atoms with Crippen molar-refractivity contribution in [2.75, 3.05) is 7.11 Å². The molecule has 1 atom stereocenters. The van der Waals surface area contributed by atoms with Gasteiger partial charge in [-0.25, -0.2) is 0 Å². The molecule has 0 bridgehead atoms. The molecule has 0 aliphatic rings. The van der Waals surface area contributed by atoms with E-state index in [1.807, 2.05) is 60.7 Å². The molecule has 0 radical (unpaired) electrons. The molecule has 4 nitrogen and oxygen atoms in total. The first-order chi connectivity index (χ1) is 12.2. The lowest BCUT2D eigenvalue weighted by Gasteiger charge is -2.05. The van der Waals surface area contributed by atoms with Gasteiger partial charge in [0.05, 0.1) is 19.8 Å². The minimum atomic E-state index is -0.455. The Morgan fingerprint density at radius 1 is 0.962 bits per heavy atom. The molecule has 26 heavy (non-hydrogen) atoms. The summed E-state index contributed by atoms with van der Waals surface area (Å²) in [4.78, 5) is 0. The Balaban J connectivity index is 0.00000243. The van der Waals surface area contributed by atoms with Gasteiger partial charge in [-0.05, 0) is 42.3 Å². The van der Waals surface area contributed by atoms with Crippen molar-refractivity contribution in [3.8, 4) is 17.1 Å². The molecule has 3 aromatic rings. The van der Waals surface area contributed by atoms with Crippen LogP contribution in [-0.2, 0) is 13.1 Å². The third kappa shape index (κ3) is 5.11. The van der Waals surface area contributed by atoms with Crippen LogP contribution in [0.25, 0.3) is 11.3 Å². The molecule has 0 fully saturated rings. The number of halogens is 1. The van der Waals surface area contributed by atoms with E-state index in [2.05, 4.69) is 5.32 Å². The van der Waals surface area contributed by atoms with Crippen molar-refractivity contribution in [1.82, 2.24) is 5.32 Å². The normalized spacial score (nSPS) is 11.7. The molecular formula is C21H24ClNO3. The molecule has 2 aromatic carbocycles. The van der Waals surface area contributed by atoms with Gasteiger partial charge in [0.1, 0.15) is 17.3 Å². The molecule has 0 spiro atoms. The van der Waals surface area contributed by atoms with E-state index in [4.69, 9.17) is 9.15 Å². The molecule has 0 aliphatic heterocycles. The third-order valence-electron chi connectivity index (χ3n) is 4.13. The Kier molecular flexibility index (Phi) is 7.27. The molecule has 5 heteroatoms. The van der Waals surface area contributed by atoms with E-state index >= 15 is 0 Å². The minimum absolute atomic E-state index is 0. The van der Waals surface area contributed by atoms with Crippen molar-refractivity contribution < 1.29 is 14.3 Å². The van der Waals surface area contributed by atoms with Gasteiger partial charge in [-0.3, -0.25) is 0 Å². The molecule has 0 saturated heterocycles. The molecule has 0 saturated carbocycles. The molecule has 1 heterocycles. The largest absolute Gasteiger partial charge is 0.497 e. The van der Waals surface area contributed by atoms with E-state index in [1.165, 1.54) is 5.56 Å². The number of nitrogens with one attached hydrogen (secondary N) is 1. The Hall–Kier alpha value is -2.27. The highest BCUT2D eigenvalue weighted by atomic mass is 35.5. The van der Waals surface area contributed by atoms with Crippen molar-refractivity contribution in [2.45, 2.75) is 26.1 Å².